The van der Waals surface area contributed by atoms with Crippen molar-refractivity contribution in [2.45, 2.75) is 0 Å². The van der Waals surface area contributed by atoms with Crippen molar-refractivity contribution in [3.63, 3.8) is 0 Å². The van der Waals surface area contributed by atoms with Gasteiger partial charge in [-0.25, -0.2) is 0 Å². The summed E-state index contributed by atoms with van der Waals surface area (Å²) in [5, 5.41) is 29.4. The number of amides is 2. The van der Waals surface area contributed by atoms with E-state index < -0.39 is 17.1 Å². The lowest BCUT2D eigenvalue weighted by atomic mass is 10.1. The third kappa shape index (κ3) is 5.82. The van der Waals surface area contributed by atoms with Gasteiger partial charge in [-0.1, -0.05) is 36.4 Å². The first-order valence-corrected chi connectivity index (χ1v) is 8.58. The van der Waals surface area contributed by atoms with Crippen molar-refractivity contribution >= 4 is 28.7 Å². The lowest BCUT2D eigenvalue weighted by Gasteiger charge is -2.06. The molecule has 0 fully saturated rings. The van der Waals surface area contributed by atoms with E-state index in [4.69, 9.17) is 16.7 Å². The molecule has 3 aromatic rings. The topological polar surface area (TPSA) is 124 Å². The maximum Gasteiger partial charge on any atom is 0.261 e. The molecule has 0 spiro atoms. The van der Waals surface area contributed by atoms with Gasteiger partial charge in [0.05, 0.1) is 16.7 Å². The number of halogens is 1. The summed E-state index contributed by atoms with van der Waals surface area (Å²) in [5.41, 5.74) is 0.127. The average molecular weight is 414 g/mol. The highest BCUT2D eigenvalue weighted by Crippen LogP contribution is 2.18. The van der Waals surface area contributed by atoms with Crippen LogP contribution in [0.3, 0.4) is 0 Å². The smallest absolute Gasteiger partial charge is 0.261 e. The molecule has 7 nitrogen and oxygen atoms in total. The van der Waals surface area contributed by atoms with Gasteiger partial charge in [0, 0.05) is 0 Å². The normalized spacial score (nSPS) is 9.69. The van der Waals surface area contributed by atoms with Crippen LogP contribution in [-0.4, -0.2) is 32.4 Å². The average Bonchev–Trinajstić information content (AvgIpc) is 2.69. The molecule has 0 bridgehead atoms. The molecule has 0 unspecified atom stereocenters. The van der Waals surface area contributed by atoms with Gasteiger partial charge in [0.2, 0.25) is 0 Å². The van der Waals surface area contributed by atoms with Crippen molar-refractivity contribution in [3.05, 3.63) is 89.5 Å². The monoisotopic (exact) mass is 413 g/mol. The number of nitrogens with one attached hydrogen (secondary N) is 1. The Morgan fingerprint density at radius 1 is 0.586 bits per heavy atom. The molecule has 0 radical (unpaired) electrons. The zero-order valence-corrected chi connectivity index (χ0v) is 15.6. The lowest BCUT2D eigenvalue weighted by Crippen LogP contribution is -2.30. The Bertz CT molecular complexity index is 995. The maximum absolute atomic E-state index is 11.8. The number of rotatable bonds is 3. The van der Waals surface area contributed by atoms with E-state index in [-0.39, 0.29) is 33.9 Å². The fraction of sp³-hybridized carbons (Fsp3) is 0. The number of imide groups is 1. The zero-order valence-electron chi connectivity index (χ0n) is 14.9. The van der Waals surface area contributed by atoms with Crippen LogP contribution in [0.15, 0.2) is 72.8 Å². The van der Waals surface area contributed by atoms with Crippen LogP contribution in [0.4, 0.5) is 0 Å². The SMILES string of the molecule is O=C(Cl)c1ccccc1O.O=C(NC(=O)c1ccccc1O)c1ccccc1O. The summed E-state index contributed by atoms with van der Waals surface area (Å²) < 4.78 is 0. The van der Waals surface area contributed by atoms with E-state index in [0.717, 1.165) is 0 Å². The van der Waals surface area contributed by atoms with Crippen molar-refractivity contribution in [1.82, 2.24) is 5.32 Å². The molecule has 8 heteroatoms. The first-order chi connectivity index (χ1) is 13.8. The number of hydrogen-bond donors (Lipinski definition) is 4. The van der Waals surface area contributed by atoms with E-state index in [1.807, 2.05) is 0 Å². The minimum Gasteiger partial charge on any atom is -0.507 e. The van der Waals surface area contributed by atoms with Gasteiger partial charge in [-0.3, -0.25) is 19.7 Å². The predicted octanol–water partition coefficient (Wildman–Crippen LogP) is 3.44. The maximum atomic E-state index is 11.8. The van der Waals surface area contributed by atoms with Crippen LogP contribution in [0.25, 0.3) is 0 Å². The van der Waals surface area contributed by atoms with Crippen LogP contribution in [-0.2, 0) is 0 Å². The molecular weight excluding hydrogens is 398 g/mol. The molecule has 2 amide bonds. The van der Waals surface area contributed by atoms with Gasteiger partial charge in [-0.2, -0.15) is 0 Å². The Balaban J connectivity index is 0.000000253. The summed E-state index contributed by atoms with van der Waals surface area (Å²) in [6, 6.07) is 17.9. The molecule has 148 valence electrons. The first kappa shape index (κ1) is 21.5. The van der Waals surface area contributed by atoms with Crippen LogP contribution < -0.4 is 5.32 Å². The van der Waals surface area contributed by atoms with Gasteiger partial charge >= 0.3 is 0 Å². The van der Waals surface area contributed by atoms with Crippen molar-refractivity contribution in [2.75, 3.05) is 0 Å². The Kier molecular flexibility index (Phi) is 7.33. The van der Waals surface area contributed by atoms with E-state index >= 15 is 0 Å². The van der Waals surface area contributed by atoms with Gasteiger partial charge in [-0.05, 0) is 48.0 Å². The van der Waals surface area contributed by atoms with Crippen LogP contribution in [0, 0.1) is 0 Å². The minimum absolute atomic E-state index is 0.00808. The molecule has 0 heterocycles. The number of phenols is 3. The molecule has 29 heavy (non-hydrogen) atoms. The number of aromatic hydroxyl groups is 3. The highest BCUT2D eigenvalue weighted by molar-refractivity contribution is 6.68. The highest BCUT2D eigenvalue weighted by Gasteiger charge is 2.16. The first-order valence-electron chi connectivity index (χ1n) is 8.20. The van der Waals surface area contributed by atoms with E-state index in [0.29, 0.717) is 0 Å². The quantitative estimate of drug-likeness (QED) is 0.385. The fourth-order valence-electron chi connectivity index (χ4n) is 2.21. The Morgan fingerprint density at radius 3 is 1.17 bits per heavy atom. The molecule has 4 N–H and O–H groups in total. The summed E-state index contributed by atoms with van der Waals surface area (Å²) >= 11 is 5.11. The van der Waals surface area contributed by atoms with Crippen LogP contribution in [0.2, 0.25) is 0 Å². The van der Waals surface area contributed by atoms with E-state index in [1.54, 1.807) is 36.4 Å². The largest absolute Gasteiger partial charge is 0.507 e. The summed E-state index contributed by atoms with van der Waals surface area (Å²) in [4.78, 5) is 34.0. The molecule has 0 aliphatic heterocycles. The third-order valence-corrected chi connectivity index (χ3v) is 3.84. The van der Waals surface area contributed by atoms with E-state index in [9.17, 15) is 24.6 Å². The van der Waals surface area contributed by atoms with Gasteiger partial charge in [-0.15, -0.1) is 0 Å². The van der Waals surface area contributed by atoms with Gasteiger partial charge in [0.15, 0.2) is 0 Å². The molecule has 0 saturated carbocycles. The number of carbonyl (C=O) groups is 3. The summed E-state index contributed by atoms with van der Waals surface area (Å²) in [5.74, 6) is -1.98. The number of para-hydroxylation sites is 3. The number of benzene rings is 3. The van der Waals surface area contributed by atoms with Gasteiger partial charge in [0.1, 0.15) is 17.2 Å². The summed E-state index contributed by atoms with van der Waals surface area (Å²) in [6.07, 6.45) is 0. The second-order valence-corrected chi connectivity index (χ2v) is 5.95. The second-order valence-electron chi connectivity index (χ2n) is 5.61. The van der Waals surface area contributed by atoms with Crippen LogP contribution >= 0.6 is 11.6 Å². The highest BCUT2D eigenvalue weighted by atomic mass is 35.5. The number of phenolic OH excluding ortho intramolecular Hbond substituents is 3. The molecule has 3 rings (SSSR count). The Hall–Kier alpha value is -3.84. The fourth-order valence-corrected chi connectivity index (χ4v) is 2.37. The molecule has 0 atom stereocenters. The molecule has 0 aliphatic rings. The van der Waals surface area contributed by atoms with Crippen molar-refractivity contribution in [1.29, 1.82) is 0 Å². The minimum atomic E-state index is -0.730. The lowest BCUT2D eigenvalue weighted by molar-refractivity contribution is 0.0846. The summed E-state index contributed by atoms with van der Waals surface area (Å²) in [6.45, 7) is 0. The second kappa shape index (κ2) is 9.91. The molecule has 0 aliphatic carbocycles. The molecule has 0 saturated heterocycles. The molecule has 3 aromatic carbocycles. The molecular formula is C21H16ClNO6. The van der Waals surface area contributed by atoms with Gasteiger partial charge in [0.25, 0.3) is 17.1 Å². The Morgan fingerprint density at radius 2 is 0.897 bits per heavy atom. The van der Waals surface area contributed by atoms with Crippen molar-refractivity contribution in [3.8, 4) is 17.2 Å². The van der Waals surface area contributed by atoms with Crippen LogP contribution in [0.5, 0.6) is 17.2 Å². The number of carbonyl (C=O) groups excluding carboxylic acids is 3. The van der Waals surface area contributed by atoms with Gasteiger partial charge < -0.3 is 15.3 Å². The van der Waals surface area contributed by atoms with Crippen LogP contribution in [0.1, 0.15) is 31.1 Å². The predicted molar refractivity (Wildman–Crippen MR) is 106 cm³/mol. The standard InChI is InChI=1S/C14H11NO4.C7H5ClO2/c16-11-7-3-1-5-9(11)13(18)15-14(19)10-6-2-4-8-12(10)17;8-7(10)5-3-1-2-4-6(5)9/h1-8,16-17H,(H,15,18,19);1-4,9H. The van der Waals surface area contributed by atoms with Crippen molar-refractivity contribution in [2.24, 2.45) is 0 Å². The summed E-state index contributed by atoms with van der Waals surface area (Å²) in [7, 11) is 0. The van der Waals surface area contributed by atoms with E-state index in [2.05, 4.69) is 5.32 Å². The third-order valence-electron chi connectivity index (χ3n) is 3.64. The number of hydrogen-bond acceptors (Lipinski definition) is 6. The zero-order chi connectivity index (χ0) is 21.4. The Labute approximate surface area is 170 Å². The molecule has 0 aromatic heterocycles. The van der Waals surface area contributed by atoms with E-state index in [1.165, 1.54) is 36.4 Å². The van der Waals surface area contributed by atoms with Crippen molar-refractivity contribution < 1.29 is 29.7 Å².